The van der Waals surface area contributed by atoms with E-state index in [0.29, 0.717) is 6.21 Å². The van der Waals surface area contributed by atoms with Gasteiger partial charge in [0.15, 0.2) is 11.8 Å². The fraction of sp³-hybridized carbons (Fsp3) is 0.700. The molecule has 9 heteroatoms. The highest BCUT2D eigenvalue weighted by atomic mass is 16.6. The lowest BCUT2D eigenvalue weighted by Crippen LogP contribution is -2.58. The highest BCUT2D eigenvalue weighted by Crippen LogP contribution is 2.14. The van der Waals surface area contributed by atoms with Crippen LogP contribution in [0.5, 0.6) is 0 Å². The van der Waals surface area contributed by atoms with Crippen LogP contribution in [-0.4, -0.2) is 52.5 Å². The van der Waals surface area contributed by atoms with Gasteiger partial charge in [-0.15, -0.1) is 0 Å². The van der Waals surface area contributed by atoms with Gasteiger partial charge in [-0.05, 0) is 13.8 Å². The minimum absolute atomic E-state index is 0.101. The summed E-state index contributed by atoms with van der Waals surface area (Å²) >= 11 is 0. The largest absolute Gasteiger partial charge is 0.463 e. The molecule has 0 aromatic carbocycles. The average Bonchev–Trinajstić information content (AvgIpc) is 2.27. The maximum absolute atomic E-state index is 11.5. The molecular weight excluding hydrogens is 258 g/mol. The number of nitrogens with two attached hydrogens (primary N) is 2. The van der Waals surface area contributed by atoms with E-state index in [2.05, 4.69) is 9.47 Å². The van der Waals surface area contributed by atoms with Gasteiger partial charge >= 0.3 is 11.9 Å². The van der Waals surface area contributed by atoms with Gasteiger partial charge in [-0.2, -0.15) is 0 Å². The number of nitrogens with one attached hydrogen (secondary N) is 1. The number of ether oxygens (including phenoxy) is 2. The monoisotopic (exact) mass is 277 g/mol. The predicted octanol–water partition coefficient (Wildman–Crippen LogP) is -2.18. The van der Waals surface area contributed by atoms with Gasteiger partial charge in [-0.3, -0.25) is 11.5 Å². The molecule has 0 aliphatic heterocycles. The second-order valence-corrected chi connectivity index (χ2v) is 4.04. The van der Waals surface area contributed by atoms with Crippen LogP contribution >= 0.6 is 0 Å². The number of hydrogen-bond donors (Lipinski definition) is 5. The van der Waals surface area contributed by atoms with Gasteiger partial charge in [-0.1, -0.05) is 0 Å². The summed E-state index contributed by atoms with van der Waals surface area (Å²) in [6.07, 6.45) is -1.72. The molecule has 0 bridgehead atoms. The summed E-state index contributed by atoms with van der Waals surface area (Å²) in [6.45, 7) is 2.91. The number of carbonyl (C=O) groups is 2. The fourth-order valence-corrected chi connectivity index (χ4v) is 1.13. The molecule has 3 unspecified atom stereocenters. The van der Waals surface area contributed by atoms with Gasteiger partial charge < -0.3 is 25.1 Å². The zero-order chi connectivity index (χ0) is 15.3. The van der Waals surface area contributed by atoms with E-state index in [1.54, 1.807) is 6.92 Å². The summed E-state index contributed by atoms with van der Waals surface area (Å²) in [5.74, 6) is -2.17. The van der Waals surface area contributed by atoms with Crippen LogP contribution in [0.15, 0.2) is 0 Å². The van der Waals surface area contributed by atoms with Crippen LogP contribution < -0.4 is 11.5 Å². The van der Waals surface area contributed by atoms with E-state index >= 15 is 0 Å². The van der Waals surface area contributed by atoms with E-state index in [9.17, 15) is 19.8 Å². The molecular formula is C10H19N3O6. The zero-order valence-corrected chi connectivity index (χ0v) is 10.8. The Morgan fingerprint density at radius 1 is 1.42 bits per heavy atom. The van der Waals surface area contributed by atoms with Crippen LogP contribution in [-0.2, 0) is 19.1 Å². The molecule has 0 aromatic heterocycles. The lowest BCUT2D eigenvalue weighted by atomic mass is 10.0. The first-order valence-electron chi connectivity index (χ1n) is 5.47. The average molecular weight is 277 g/mol. The maximum atomic E-state index is 11.5. The molecule has 0 heterocycles. The topological polar surface area (TPSA) is 169 Å². The van der Waals surface area contributed by atoms with E-state index in [-0.39, 0.29) is 6.61 Å². The van der Waals surface area contributed by atoms with Crippen molar-refractivity contribution in [3.63, 3.8) is 0 Å². The Morgan fingerprint density at radius 3 is 2.37 bits per heavy atom. The summed E-state index contributed by atoms with van der Waals surface area (Å²) in [7, 11) is 0. The van der Waals surface area contributed by atoms with Crippen molar-refractivity contribution in [3.8, 4) is 0 Å². The van der Waals surface area contributed by atoms with Crippen LogP contribution in [0, 0.1) is 5.41 Å². The van der Waals surface area contributed by atoms with E-state index in [4.69, 9.17) is 16.9 Å². The van der Waals surface area contributed by atoms with Crippen LogP contribution in [0.25, 0.3) is 0 Å². The normalized spacial score (nSPS) is 18.6. The van der Waals surface area contributed by atoms with Crippen molar-refractivity contribution >= 4 is 18.2 Å². The molecule has 0 rings (SSSR count). The van der Waals surface area contributed by atoms with Crippen LogP contribution in [0.1, 0.15) is 20.3 Å². The maximum Gasteiger partial charge on any atom is 0.354 e. The molecule has 0 spiro atoms. The molecule has 0 saturated heterocycles. The van der Waals surface area contributed by atoms with Crippen LogP contribution in [0.3, 0.4) is 0 Å². The van der Waals surface area contributed by atoms with Gasteiger partial charge in [0.2, 0.25) is 5.72 Å². The molecule has 0 radical (unpaired) electrons. The van der Waals surface area contributed by atoms with Gasteiger partial charge in [-0.25, -0.2) is 9.59 Å². The third kappa shape index (κ3) is 5.75. The molecule has 110 valence electrons. The molecule has 9 nitrogen and oxygen atoms in total. The van der Waals surface area contributed by atoms with Crippen molar-refractivity contribution in [1.29, 1.82) is 5.41 Å². The van der Waals surface area contributed by atoms with Crippen molar-refractivity contribution < 1.29 is 29.3 Å². The first-order valence-corrected chi connectivity index (χ1v) is 5.47. The number of rotatable bonds is 7. The summed E-state index contributed by atoms with van der Waals surface area (Å²) in [6, 6.07) is 0. The first kappa shape index (κ1) is 17.4. The van der Waals surface area contributed by atoms with E-state index < -0.39 is 35.9 Å². The molecule has 0 saturated carbocycles. The highest BCUT2D eigenvalue weighted by Gasteiger charge is 2.41. The Labute approximate surface area is 110 Å². The molecule has 0 fully saturated rings. The smallest absolute Gasteiger partial charge is 0.354 e. The molecule has 0 aliphatic rings. The molecule has 19 heavy (non-hydrogen) atoms. The Morgan fingerprint density at radius 2 is 1.95 bits per heavy atom. The number of aliphatic hydroxyl groups is 2. The van der Waals surface area contributed by atoms with Crippen LogP contribution in [0.2, 0.25) is 0 Å². The number of esters is 2. The standard InChI is InChI=1S/C10H19N3O6/c1-3-18-7(14)6(2)19-8(15)10(13,17)4-9(12,16)5-11/h5-6,11,16-17H,3-4,12-13H2,1-2H3. The Bertz CT molecular complexity index is 355. The Kier molecular flexibility index (Phi) is 6.03. The van der Waals surface area contributed by atoms with E-state index in [0.717, 1.165) is 0 Å². The second-order valence-electron chi connectivity index (χ2n) is 4.04. The lowest BCUT2D eigenvalue weighted by molar-refractivity contribution is -0.182. The lowest BCUT2D eigenvalue weighted by Gasteiger charge is -2.28. The molecule has 0 aliphatic carbocycles. The Hall–Kier alpha value is -1.55. The van der Waals surface area contributed by atoms with Gasteiger partial charge in [0, 0.05) is 12.6 Å². The molecule has 3 atom stereocenters. The predicted molar refractivity (Wildman–Crippen MR) is 63.9 cm³/mol. The summed E-state index contributed by atoms with van der Waals surface area (Å²) in [4.78, 5) is 22.7. The van der Waals surface area contributed by atoms with Crippen molar-refractivity contribution in [2.75, 3.05) is 6.61 Å². The quantitative estimate of drug-likeness (QED) is 0.198. The Balaban J connectivity index is 4.64. The van der Waals surface area contributed by atoms with E-state index in [1.165, 1.54) is 6.92 Å². The summed E-state index contributed by atoms with van der Waals surface area (Å²) in [5.41, 5.74) is 5.48. The van der Waals surface area contributed by atoms with Gasteiger partial charge in [0.25, 0.3) is 0 Å². The molecule has 0 amide bonds. The molecule has 0 aromatic rings. The highest BCUT2D eigenvalue weighted by molar-refractivity contribution is 5.83. The third-order valence-electron chi connectivity index (χ3n) is 2.06. The second kappa shape index (κ2) is 6.57. The van der Waals surface area contributed by atoms with Gasteiger partial charge in [0.05, 0.1) is 6.61 Å². The SMILES string of the molecule is CCOC(=O)C(C)OC(=O)C(N)(O)CC(N)(O)C=N. The number of carbonyl (C=O) groups excluding carboxylic acids is 2. The minimum Gasteiger partial charge on any atom is -0.463 e. The van der Waals surface area contributed by atoms with Crippen molar-refractivity contribution in [3.05, 3.63) is 0 Å². The minimum atomic E-state index is -2.64. The van der Waals surface area contributed by atoms with Crippen LogP contribution in [0.4, 0.5) is 0 Å². The van der Waals surface area contributed by atoms with Gasteiger partial charge in [0.1, 0.15) is 0 Å². The van der Waals surface area contributed by atoms with Crippen molar-refractivity contribution in [2.24, 2.45) is 11.5 Å². The fourth-order valence-electron chi connectivity index (χ4n) is 1.13. The summed E-state index contributed by atoms with van der Waals surface area (Å²) in [5, 5.41) is 25.7. The third-order valence-corrected chi connectivity index (χ3v) is 2.06. The zero-order valence-electron chi connectivity index (χ0n) is 10.8. The van der Waals surface area contributed by atoms with Crippen molar-refractivity contribution in [2.45, 2.75) is 37.8 Å². The summed E-state index contributed by atoms with van der Waals surface area (Å²) < 4.78 is 9.18. The van der Waals surface area contributed by atoms with Crippen molar-refractivity contribution in [1.82, 2.24) is 0 Å². The molecule has 7 N–H and O–H groups in total. The number of hydrogen-bond acceptors (Lipinski definition) is 9. The van der Waals surface area contributed by atoms with E-state index in [1.807, 2.05) is 0 Å². The first-order chi connectivity index (χ1) is 8.55.